The molecule has 0 spiro atoms. The third-order valence-corrected chi connectivity index (χ3v) is 4.07. The Labute approximate surface area is 143 Å². The van der Waals surface area contributed by atoms with Crippen LogP contribution in [0.5, 0.6) is 0 Å². The third-order valence-electron chi connectivity index (χ3n) is 4.07. The van der Waals surface area contributed by atoms with Crippen molar-refractivity contribution < 1.29 is 18.7 Å². The maximum Gasteiger partial charge on any atom is 0.251 e. The molecule has 2 N–H and O–H groups in total. The van der Waals surface area contributed by atoms with Crippen molar-refractivity contribution in [2.45, 2.75) is 12.5 Å². The van der Waals surface area contributed by atoms with Crippen LogP contribution in [0.25, 0.3) is 10.8 Å². The van der Waals surface area contributed by atoms with Crippen molar-refractivity contribution in [1.29, 1.82) is 0 Å². The molecule has 0 aliphatic carbocycles. The lowest BCUT2D eigenvalue weighted by Gasteiger charge is -2.14. The predicted octanol–water partition coefficient (Wildman–Crippen LogP) is 3.97. The molecule has 0 radical (unpaired) electrons. The molecule has 1 amide bonds. The number of amides is 1. The van der Waals surface area contributed by atoms with E-state index in [1.54, 1.807) is 0 Å². The summed E-state index contributed by atoms with van der Waals surface area (Å²) >= 11 is 0. The van der Waals surface area contributed by atoms with Gasteiger partial charge in [-0.25, -0.2) is 8.78 Å². The molecule has 25 heavy (non-hydrogen) atoms. The van der Waals surface area contributed by atoms with Gasteiger partial charge in [0.05, 0.1) is 6.10 Å². The zero-order valence-corrected chi connectivity index (χ0v) is 13.4. The topological polar surface area (TPSA) is 49.3 Å². The molecule has 3 aromatic carbocycles. The van der Waals surface area contributed by atoms with Crippen molar-refractivity contribution in [3.63, 3.8) is 0 Å². The Morgan fingerprint density at radius 1 is 1.00 bits per heavy atom. The molecule has 3 rings (SSSR count). The van der Waals surface area contributed by atoms with Crippen LogP contribution < -0.4 is 5.32 Å². The predicted molar refractivity (Wildman–Crippen MR) is 92.2 cm³/mol. The summed E-state index contributed by atoms with van der Waals surface area (Å²) in [6.07, 6.45) is -0.431. The number of fused-ring (bicyclic) bond motifs is 1. The first-order valence-corrected chi connectivity index (χ1v) is 7.95. The van der Waals surface area contributed by atoms with Gasteiger partial charge in [-0.2, -0.15) is 0 Å². The first-order chi connectivity index (χ1) is 12.1. The average Bonchev–Trinajstić information content (AvgIpc) is 2.63. The summed E-state index contributed by atoms with van der Waals surface area (Å²) < 4.78 is 26.1. The molecule has 1 atom stereocenters. The first-order valence-electron chi connectivity index (χ1n) is 7.95. The maximum absolute atomic E-state index is 13.2. The summed E-state index contributed by atoms with van der Waals surface area (Å²) in [6, 6.07) is 16.4. The van der Waals surface area contributed by atoms with E-state index in [1.807, 2.05) is 42.5 Å². The second-order valence-electron chi connectivity index (χ2n) is 5.76. The molecular formula is C20H17F2NO2. The standard InChI is InChI=1S/C20H17F2NO2/c21-17-9-8-14(12-18(17)22)20(25)23-11-10-19(24)16-7-3-5-13-4-1-2-6-15(13)16/h1-9,12,19,24H,10-11H2,(H,23,25). The van der Waals surface area contributed by atoms with Gasteiger partial charge in [-0.05, 0) is 41.0 Å². The van der Waals surface area contributed by atoms with E-state index in [0.29, 0.717) is 6.42 Å². The molecule has 0 aliphatic heterocycles. The fourth-order valence-corrected chi connectivity index (χ4v) is 2.76. The minimum absolute atomic E-state index is 0.0403. The normalized spacial score (nSPS) is 12.1. The van der Waals surface area contributed by atoms with Gasteiger partial charge in [0.1, 0.15) is 0 Å². The molecule has 0 bridgehead atoms. The molecule has 0 saturated heterocycles. The van der Waals surface area contributed by atoms with E-state index in [-0.39, 0.29) is 12.1 Å². The summed E-state index contributed by atoms with van der Waals surface area (Å²) in [5.74, 6) is -2.57. The molecule has 1 unspecified atom stereocenters. The molecule has 128 valence electrons. The second-order valence-corrected chi connectivity index (χ2v) is 5.76. The molecule has 0 aliphatic rings. The largest absolute Gasteiger partial charge is 0.388 e. The third kappa shape index (κ3) is 3.83. The van der Waals surface area contributed by atoms with Crippen LogP contribution in [0.15, 0.2) is 60.7 Å². The number of aliphatic hydroxyl groups is 1. The summed E-state index contributed by atoms with van der Waals surface area (Å²) in [5.41, 5.74) is 0.832. The molecule has 0 heterocycles. The first kappa shape index (κ1) is 17.0. The van der Waals surface area contributed by atoms with Crippen molar-refractivity contribution in [3.05, 3.63) is 83.4 Å². The summed E-state index contributed by atoms with van der Waals surface area (Å²) in [4.78, 5) is 12.0. The number of aliphatic hydroxyl groups excluding tert-OH is 1. The maximum atomic E-state index is 13.2. The van der Waals surface area contributed by atoms with E-state index in [2.05, 4.69) is 5.32 Å². The number of carbonyl (C=O) groups is 1. The van der Waals surface area contributed by atoms with Crippen LogP contribution in [0, 0.1) is 11.6 Å². The fraction of sp³-hybridized carbons (Fsp3) is 0.150. The van der Waals surface area contributed by atoms with E-state index >= 15 is 0 Å². The van der Waals surface area contributed by atoms with E-state index in [1.165, 1.54) is 6.07 Å². The zero-order valence-electron chi connectivity index (χ0n) is 13.4. The highest BCUT2D eigenvalue weighted by atomic mass is 19.2. The van der Waals surface area contributed by atoms with Crippen molar-refractivity contribution in [3.8, 4) is 0 Å². The minimum Gasteiger partial charge on any atom is -0.388 e. The number of rotatable bonds is 5. The smallest absolute Gasteiger partial charge is 0.251 e. The zero-order chi connectivity index (χ0) is 17.8. The fourth-order valence-electron chi connectivity index (χ4n) is 2.76. The highest BCUT2D eigenvalue weighted by Crippen LogP contribution is 2.25. The SMILES string of the molecule is O=C(NCCC(O)c1cccc2ccccc12)c1ccc(F)c(F)c1. The van der Waals surface area contributed by atoms with Gasteiger partial charge in [-0.15, -0.1) is 0 Å². The molecule has 5 heteroatoms. The van der Waals surface area contributed by atoms with Crippen molar-refractivity contribution in [2.24, 2.45) is 0 Å². The van der Waals surface area contributed by atoms with E-state index < -0.39 is 23.6 Å². The van der Waals surface area contributed by atoms with E-state index in [9.17, 15) is 18.7 Å². The van der Waals surface area contributed by atoms with Crippen LogP contribution in [-0.2, 0) is 0 Å². The Morgan fingerprint density at radius 3 is 2.56 bits per heavy atom. The minimum atomic E-state index is -1.07. The Bertz CT molecular complexity index is 906. The van der Waals surface area contributed by atoms with Crippen molar-refractivity contribution in [2.75, 3.05) is 6.54 Å². The van der Waals surface area contributed by atoms with Gasteiger partial charge in [0.15, 0.2) is 11.6 Å². The van der Waals surface area contributed by atoms with Gasteiger partial charge in [-0.3, -0.25) is 4.79 Å². The monoisotopic (exact) mass is 341 g/mol. The van der Waals surface area contributed by atoms with Crippen LogP contribution in [0.3, 0.4) is 0 Å². The van der Waals surface area contributed by atoms with Gasteiger partial charge in [-0.1, -0.05) is 42.5 Å². The number of nitrogens with one attached hydrogen (secondary N) is 1. The average molecular weight is 341 g/mol. The Balaban J connectivity index is 1.63. The Hall–Kier alpha value is -2.79. The van der Waals surface area contributed by atoms with Gasteiger partial charge in [0, 0.05) is 12.1 Å². The summed E-state index contributed by atoms with van der Waals surface area (Å²) in [7, 11) is 0. The molecule has 3 aromatic rings. The van der Waals surface area contributed by atoms with Gasteiger partial charge in [0.2, 0.25) is 0 Å². The number of carbonyl (C=O) groups excluding carboxylic acids is 1. The lowest BCUT2D eigenvalue weighted by molar-refractivity contribution is 0.0942. The Morgan fingerprint density at radius 2 is 1.76 bits per heavy atom. The van der Waals surface area contributed by atoms with Gasteiger partial charge >= 0.3 is 0 Å². The van der Waals surface area contributed by atoms with Gasteiger partial charge < -0.3 is 10.4 Å². The van der Waals surface area contributed by atoms with Crippen LogP contribution >= 0.6 is 0 Å². The number of hydrogen-bond acceptors (Lipinski definition) is 2. The number of hydrogen-bond donors (Lipinski definition) is 2. The molecule has 0 saturated carbocycles. The van der Waals surface area contributed by atoms with Crippen LogP contribution in [0.4, 0.5) is 8.78 Å². The quantitative estimate of drug-likeness (QED) is 0.738. The van der Waals surface area contributed by atoms with E-state index in [4.69, 9.17) is 0 Å². The number of halogens is 2. The van der Waals surface area contributed by atoms with Gasteiger partial charge in [0.25, 0.3) is 5.91 Å². The Kier molecular flexibility index (Phi) is 5.05. The second kappa shape index (κ2) is 7.40. The molecule has 0 fully saturated rings. The molecular weight excluding hydrogens is 324 g/mol. The van der Waals surface area contributed by atoms with E-state index in [0.717, 1.165) is 28.5 Å². The summed E-state index contributed by atoms with van der Waals surface area (Å²) in [5, 5.41) is 15.0. The van der Waals surface area contributed by atoms with Crippen molar-refractivity contribution in [1.82, 2.24) is 5.32 Å². The van der Waals surface area contributed by atoms with Crippen molar-refractivity contribution >= 4 is 16.7 Å². The molecule has 0 aromatic heterocycles. The van der Waals surface area contributed by atoms with Crippen LogP contribution in [0.2, 0.25) is 0 Å². The lowest BCUT2D eigenvalue weighted by atomic mass is 9.99. The number of benzene rings is 3. The van der Waals surface area contributed by atoms with Crippen LogP contribution in [0.1, 0.15) is 28.4 Å². The highest BCUT2D eigenvalue weighted by molar-refractivity contribution is 5.94. The lowest BCUT2D eigenvalue weighted by Crippen LogP contribution is -2.25. The summed E-state index contributed by atoms with van der Waals surface area (Å²) in [6.45, 7) is 0.211. The highest BCUT2D eigenvalue weighted by Gasteiger charge is 2.13. The molecule has 3 nitrogen and oxygen atoms in total. The van der Waals surface area contributed by atoms with Crippen LogP contribution in [-0.4, -0.2) is 17.6 Å².